The monoisotopic (exact) mass is 227 g/mol. The molecular weight excluding hydrogens is 210 g/mol. The quantitative estimate of drug-likeness (QED) is 0.626. The molecule has 0 aliphatic heterocycles. The fourth-order valence-electron chi connectivity index (χ4n) is 1.23. The van der Waals surface area contributed by atoms with Crippen molar-refractivity contribution >= 4 is 0 Å². The van der Waals surface area contributed by atoms with Crippen LogP contribution in [0.2, 0.25) is 0 Å². The van der Waals surface area contributed by atoms with E-state index in [4.69, 9.17) is 9.47 Å². The molecule has 1 rings (SSSR count). The molecule has 1 aromatic heterocycles. The average Bonchev–Trinajstić information content (AvgIpc) is 2.34. The predicted octanol–water partition coefficient (Wildman–Crippen LogP) is -0.245. The summed E-state index contributed by atoms with van der Waals surface area (Å²) in [5, 5.41) is 12.9. The first kappa shape index (κ1) is 12.8. The van der Waals surface area contributed by atoms with E-state index in [0.29, 0.717) is 31.3 Å². The van der Waals surface area contributed by atoms with Gasteiger partial charge in [-0.25, -0.2) is 4.98 Å². The van der Waals surface area contributed by atoms with Crippen LogP contribution in [0.4, 0.5) is 0 Å². The Morgan fingerprint density at radius 2 is 2.12 bits per heavy atom. The highest BCUT2D eigenvalue weighted by Crippen LogP contribution is 2.18. The van der Waals surface area contributed by atoms with Gasteiger partial charge in [0, 0.05) is 32.6 Å². The van der Waals surface area contributed by atoms with E-state index in [-0.39, 0.29) is 0 Å². The minimum absolute atomic E-state index is 0.351. The van der Waals surface area contributed by atoms with E-state index in [0.717, 1.165) is 0 Å². The fourth-order valence-corrected chi connectivity index (χ4v) is 1.23. The summed E-state index contributed by atoms with van der Waals surface area (Å²) in [6, 6.07) is 0. The van der Waals surface area contributed by atoms with Gasteiger partial charge in [0.1, 0.15) is 11.8 Å². The third kappa shape index (κ3) is 3.73. The Morgan fingerprint density at radius 1 is 1.38 bits per heavy atom. The molecule has 16 heavy (non-hydrogen) atoms. The lowest BCUT2D eigenvalue weighted by Crippen LogP contribution is -2.25. The van der Waals surface area contributed by atoms with Crippen molar-refractivity contribution in [3.63, 3.8) is 0 Å². The standard InChI is InChI=1S/C10H17N3O3/c1-15-6-5-11-7-8(14)9-10(16-2)13-4-3-12-9/h3-4,8,11,14H,5-7H2,1-2H3. The highest BCUT2D eigenvalue weighted by molar-refractivity contribution is 5.19. The summed E-state index contributed by atoms with van der Waals surface area (Å²) in [4.78, 5) is 8.01. The molecule has 1 heterocycles. The molecule has 0 radical (unpaired) electrons. The minimum Gasteiger partial charge on any atom is -0.480 e. The van der Waals surface area contributed by atoms with Crippen LogP contribution in [0.1, 0.15) is 11.8 Å². The van der Waals surface area contributed by atoms with Crippen LogP contribution in [0.25, 0.3) is 0 Å². The van der Waals surface area contributed by atoms with Crippen molar-refractivity contribution in [1.29, 1.82) is 0 Å². The molecular formula is C10H17N3O3. The van der Waals surface area contributed by atoms with Crippen molar-refractivity contribution in [2.24, 2.45) is 0 Å². The lowest BCUT2D eigenvalue weighted by molar-refractivity contribution is 0.154. The summed E-state index contributed by atoms with van der Waals surface area (Å²) in [6.07, 6.45) is 2.31. The van der Waals surface area contributed by atoms with E-state index in [1.54, 1.807) is 7.11 Å². The van der Waals surface area contributed by atoms with Gasteiger partial charge in [-0.1, -0.05) is 0 Å². The van der Waals surface area contributed by atoms with E-state index < -0.39 is 6.10 Å². The first-order valence-electron chi connectivity index (χ1n) is 5.02. The summed E-state index contributed by atoms with van der Waals surface area (Å²) >= 11 is 0. The van der Waals surface area contributed by atoms with Gasteiger partial charge in [0.25, 0.3) is 0 Å². The summed E-state index contributed by atoms with van der Waals surface area (Å²) < 4.78 is 9.89. The van der Waals surface area contributed by atoms with Crippen LogP contribution in [0, 0.1) is 0 Å². The maximum Gasteiger partial charge on any atom is 0.238 e. The Balaban J connectivity index is 2.48. The molecule has 0 aliphatic rings. The normalized spacial score (nSPS) is 12.4. The molecule has 2 N–H and O–H groups in total. The van der Waals surface area contributed by atoms with Gasteiger partial charge >= 0.3 is 0 Å². The second-order valence-electron chi connectivity index (χ2n) is 3.16. The van der Waals surface area contributed by atoms with E-state index in [2.05, 4.69) is 15.3 Å². The van der Waals surface area contributed by atoms with Crippen molar-refractivity contribution < 1.29 is 14.6 Å². The van der Waals surface area contributed by atoms with E-state index in [1.807, 2.05) is 0 Å². The number of rotatable bonds is 7. The van der Waals surface area contributed by atoms with Gasteiger partial charge in [-0.3, -0.25) is 4.98 Å². The van der Waals surface area contributed by atoms with Gasteiger partial charge in [-0.2, -0.15) is 0 Å². The molecule has 0 fully saturated rings. The van der Waals surface area contributed by atoms with E-state index in [1.165, 1.54) is 19.5 Å². The molecule has 6 nitrogen and oxygen atoms in total. The van der Waals surface area contributed by atoms with Crippen LogP contribution in [0.3, 0.4) is 0 Å². The summed E-state index contributed by atoms with van der Waals surface area (Å²) in [6.45, 7) is 1.67. The van der Waals surface area contributed by atoms with Gasteiger partial charge in [0.05, 0.1) is 13.7 Å². The van der Waals surface area contributed by atoms with Crippen molar-refractivity contribution in [1.82, 2.24) is 15.3 Å². The molecule has 1 aromatic rings. The average molecular weight is 227 g/mol. The molecule has 0 bridgehead atoms. The van der Waals surface area contributed by atoms with Gasteiger partial charge in [0.15, 0.2) is 0 Å². The number of hydrogen-bond acceptors (Lipinski definition) is 6. The van der Waals surface area contributed by atoms with Crippen LogP contribution in [-0.4, -0.2) is 49.0 Å². The van der Waals surface area contributed by atoms with E-state index in [9.17, 15) is 5.11 Å². The number of aliphatic hydroxyl groups excluding tert-OH is 1. The SMILES string of the molecule is COCCNCC(O)c1nccnc1OC. The van der Waals surface area contributed by atoms with Crippen LogP contribution < -0.4 is 10.1 Å². The summed E-state index contributed by atoms with van der Waals surface area (Å²) in [5.41, 5.74) is 0.440. The molecule has 0 saturated heterocycles. The van der Waals surface area contributed by atoms with Gasteiger partial charge < -0.3 is 19.9 Å². The second-order valence-corrected chi connectivity index (χ2v) is 3.16. The molecule has 6 heteroatoms. The number of aliphatic hydroxyl groups is 1. The van der Waals surface area contributed by atoms with Crippen LogP contribution in [0.15, 0.2) is 12.4 Å². The Bertz CT molecular complexity index is 309. The van der Waals surface area contributed by atoms with E-state index >= 15 is 0 Å². The molecule has 0 aromatic carbocycles. The number of ether oxygens (including phenoxy) is 2. The molecule has 0 saturated carbocycles. The molecule has 0 spiro atoms. The molecule has 90 valence electrons. The van der Waals surface area contributed by atoms with Gasteiger partial charge in [-0.15, -0.1) is 0 Å². The van der Waals surface area contributed by atoms with Crippen molar-refractivity contribution in [3.8, 4) is 5.88 Å². The molecule has 1 atom stereocenters. The summed E-state index contributed by atoms with van der Waals surface area (Å²) in [5.74, 6) is 0.351. The van der Waals surface area contributed by atoms with Crippen molar-refractivity contribution in [2.75, 3.05) is 33.9 Å². The molecule has 1 unspecified atom stereocenters. The maximum atomic E-state index is 9.85. The number of methoxy groups -OCH3 is 2. The van der Waals surface area contributed by atoms with Gasteiger partial charge in [0.2, 0.25) is 5.88 Å². The van der Waals surface area contributed by atoms with Crippen LogP contribution in [0.5, 0.6) is 5.88 Å². The zero-order chi connectivity index (χ0) is 11.8. The lowest BCUT2D eigenvalue weighted by atomic mass is 10.2. The lowest BCUT2D eigenvalue weighted by Gasteiger charge is -2.13. The van der Waals surface area contributed by atoms with Crippen LogP contribution >= 0.6 is 0 Å². The number of nitrogens with one attached hydrogen (secondary N) is 1. The first-order valence-corrected chi connectivity index (χ1v) is 5.02. The molecule has 0 amide bonds. The third-order valence-electron chi connectivity index (χ3n) is 2.02. The number of aromatic nitrogens is 2. The highest BCUT2D eigenvalue weighted by atomic mass is 16.5. The predicted molar refractivity (Wildman–Crippen MR) is 58.3 cm³/mol. The Kier molecular flexibility index (Phi) is 5.69. The third-order valence-corrected chi connectivity index (χ3v) is 2.02. The van der Waals surface area contributed by atoms with Gasteiger partial charge in [-0.05, 0) is 0 Å². The maximum absolute atomic E-state index is 9.85. The zero-order valence-corrected chi connectivity index (χ0v) is 9.51. The van der Waals surface area contributed by atoms with Crippen molar-refractivity contribution in [3.05, 3.63) is 18.1 Å². The number of hydrogen-bond donors (Lipinski definition) is 2. The highest BCUT2D eigenvalue weighted by Gasteiger charge is 2.14. The number of nitrogens with zero attached hydrogens (tertiary/aromatic N) is 2. The smallest absolute Gasteiger partial charge is 0.238 e. The summed E-state index contributed by atoms with van der Waals surface area (Å²) in [7, 11) is 3.13. The van der Waals surface area contributed by atoms with Crippen molar-refractivity contribution in [2.45, 2.75) is 6.10 Å². The first-order chi connectivity index (χ1) is 7.79. The Morgan fingerprint density at radius 3 is 2.81 bits per heavy atom. The fraction of sp³-hybridized carbons (Fsp3) is 0.600. The zero-order valence-electron chi connectivity index (χ0n) is 9.51. The topological polar surface area (TPSA) is 76.5 Å². The second kappa shape index (κ2) is 7.10. The minimum atomic E-state index is -0.736. The largest absolute Gasteiger partial charge is 0.480 e. The Labute approximate surface area is 94.6 Å². The Hall–Kier alpha value is -1.24. The molecule has 0 aliphatic carbocycles. The van der Waals surface area contributed by atoms with Crippen LogP contribution in [-0.2, 0) is 4.74 Å².